The number of anilines is 4. The molecule has 0 spiro atoms. The highest BCUT2D eigenvalue weighted by molar-refractivity contribution is 7.86. The second-order valence-electron chi connectivity index (χ2n) is 22.0. The zero-order chi connectivity index (χ0) is 50.0. The second-order valence-corrected chi connectivity index (χ2v) is 24.7. The van der Waals surface area contributed by atoms with Crippen molar-refractivity contribution in [2.75, 3.05) is 30.5 Å². The summed E-state index contributed by atoms with van der Waals surface area (Å²) in [5.41, 5.74) is 7.91. The molecule has 374 valence electrons. The van der Waals surface area contributed by atoms with Crippen LogP contribution in [-0.2, 0) is 38.6 Å². The molecule has 5 heterocycles. The van der Waals surface area contributed by atoms with Crippen LogP contribution in [0.4, 0.5) is 22.6 Å². The van der Waals surface area contributed by atoms with Crippen molar-refractivity contribution in [3.63, 3.8) is 0 Å². The van der Waals surface area contributed by atoms with Gasteiger partial charge in [0.05, 0.1) is 35.0 Å². The maximum Gasteiger partial charge on any atom is 0.358 e. The van der Waals surface area contributed by atoms with E-state index in [4.69, 9.17) is 33.8 Å². The van der Waals surface area contributed by atoms with Crippen LogP contribution in [0.5, 0.6) is 5.75 Å². The van der Waals surface area contributed by atoms with E-state index in [1.54, 1.807) is 42.7 Å². The molecular formula is C56H62N8O6S2. The van der Waals surface area contributed by atoms with Crippen LogP contribution in [0.1, 0.15) is 110 Å². The first-order valence-electron chi connectivity index (χ1n) is 25.1. The number of nitrogens with one attached hydrogen (secondary N) is 1. The fourth-order valence-corrected chi connectivity index (χ4v) is 15.9. The number of carbonyl (C=O) groups is 1. The number of pyridine rings is 1. The van der Waals surface area contributed by atoms with Crippen LogP contribution < -0.4 is 15.0 Å². The quantitative estimate of drug-likeness (QED) is 0.0553. The molecule has 0 amide bonds. The zero-order valence-corrected chi connectivity index (χ0v) is 43.6. The number of hydrogen-bond donors (Lipinski definition) is 1. The van der Waals surface area contributed by atoms with Crippen molar-refractivity contribution in [3.05, 3.63) is 125 Å². The molecule has 12 rings (SSSR count). The highest BCUT2D eigenvalue weighted by Crippen LogP contribution is 2.75. The van der Waals surface area contributed by atoms with Crippen LogP contribution >= 0.6 is 11.3 Å². The lowest BCUT2D eigenvalue weighted by molar-refractivity contribution is -0.198. The molecule has 72 heavy (non-hydrogen) atoms. The molecule has 2 atom stereocenters. The summed E-state index contributed by atoms with van der Waals surface area (Å²) in [5, 5.41) is 18.7. The molecule has 3 aromatic carbocycles. The summed E-state index contributed by atoms with van der Waals surface area (Å²) in [6, 6.07) is 26.3. The average Bonchev–Trinajstić information content (AvgIpc) is 3.93. The summed E-state index contributed by atoms with van der Waals surface area (Å²) in [7, 11) is -2.21. The van der Waals surface area contributed by atoms with Gasteiger partial charge in [0.25, 0.3) is 10.1 Å². The molecule has 14 nitrogen and oxygen atoms in total. The fraction of sp³-hybridized carbons (Fsp3) is 0.429. The maximum atomic E-state index is 14.5. The summed E-state index contributed by atoms with van der Waals surface area (Å²) in [6.45, 7) is 12.7. The van der Waals surface area contributed by atoms with Gasteiger partial charge in [0, 0.05) is 41.0 Å². The Morgan fingerprint density at radius 1 is 0.833 bits per heavy atom. The molecule has 16 heteroatoms. The number of para-hydroxylation sites is 1. The number of thiazole rings is 1. The van der Waals surface area contributed by atoms with E-state index in [2.05, 4.69) is 53.8 Å². The molecule has 4 fully saturated rings. The van der Waals surface area contributed by atoms with E-state index in [1.807, 2.05) is 67.7 Å². The van der Waals surface area contributed by atoms with Gasteiger partial charge in [-0.05, 0) is 161 Å². The molecule has 7 aromatic rings. The highest BCUT2D eigenvalue weighted by atomic mass is 32.2. The number of rotatable bonds is 16. The first-order chi connectivity index (χ1) is 34.5. The van der Waals surface area contributed by atoms with Gasteiger partial charge in [-0.25, -0.2) is 14.8 Å². The summed E-state index contributed by atoms with van der Waals surface area (Å²) in [6.07, 6.45) is 11.9. The normalized spacial score (nSPS) is 23.3. The number of esters is 1. The smallest absolute Gasteiger partial charge is 0.358 e. The van der Waals surface area contributed by atoms with Crippen LogP contribution in [0.3, 0.4) is 0 Å². The predicted octanol–water partition coefficient (Wildman–Crippen LogP) is 12.0. The first kappa shape index (κ1) is 48.1. The van der Waals surface area contributed by atoms with Crippen molar-refractivity contribution < 1.29 is 26.9 Å². The number of benzene rings is 3. The lowest BCUT2D eigenvalue weighted by Crippen LogP contribution is -2.60. The molecule has 2 unspecified atom stereocenters. The zero-order valence-electron chi connectivity index (χ0n) is 42.0. The van der Waals surface area contributed by atoms with E-state index in [9.17, 15) is 13.2 Å². The van der Waals surface area contributed by atoms with Crippen LogP contribution in [-0.4, -0.2) is 64.6 Å². The Morgan fingerprint density at radius 2 is 1.58 bits per heavy atom. The molecule has 0 saturated heterocycles. The average molecular weight is 1010 g/mol. The fourth-order valence-electron chi connectivity index (χ4n) is 14.1. The Balaban J connectivity index is 0.867. The van der Waals surface area contributed by atoms with Crippen molar-refractivity contribution in [2.24, 2.45) is 21.7 Å². The molecule has 1 aliphatic heterocycles. The minimum Gasteiger partial charge on any atom is -0.497 e. The summed E-state index contributed by atoms with van der Waals surface area (Å²) < 4.78 is 46.4. The number of aryl methyl sites for hydroxylation is 1. The van der Waals surface area contributed by atoms with Gasteiger partial charge >= 0.3 is 5.97 Å². The minimum absolute atomic E-state index is 0.00790. The predicted molar refractivity (Wildman–Crippen MR) is 280 cm³/mol. The summed E-state index contributed by atoms with van der Waals surface area (Å²) in [5.74, 6) is 2.14. The maximum absolute atomic E-state index is 14.5. The van der Waals surface area contributed by atoms with E-state index in [0.717, 1.165) is 113 Å². The third-order valence-electron chi connectivity index (χ3n) is 15.9. The van der Waals surface area contributed by atoms with Crippen molar-refractivity contribution in [3.8, 4) is 16.9 Å². The number of nitrogens with zero attached hydrogens (tertiary/aromatic N) is 7. The minimum atomic E-state index is -3.83. The molecule has 4 saturated carbocycles. The van der Waals surface area contributed by atoms with Crippen LogP contribution in [0.2, 0.25) is 0 Å². The topological polar surface area (TPSA) is 164 Å². The van der Waals surface area contributed by atoms with Gasteiger partial charge in [-0.2, -0.15) is 13.5 Å². The SMILES string of the molecule is COc1ccc(COC(=O)c2nc(N3CCCc4c3nnc(Nc3nc5ccccc5s3)c4C)ccc2-c2cnn(CC34CC5(C)CC(C)(CC(CCCOS(=O)(=O)c6ccc(C)cc6)(C5)C3)C4)c2C)cc1. The molecule has 4 aliphatic carbocycles. The number of ether oxygens (including phenoxy) is 2. The molecular weight excluding hydrogens is 945 g/mol. The Hall–Kier alpha value is -6.23. The Bertz CT molecular complexity index is 3270. The van der Waals surface area contributed by atoms with Gasteiger partial charge in [0.1, 0.15) is 18.2 Å². The summed E-state index contributed by atoms with van der Waals surface area (Å²) in [4.78, 5) is 26.6. The highest BCUT2D eigenvalue weighted by Gasteiger charge is 2.65. The molecule has 4 aromatic heterocycles. The number of hydrogen-bond acceptors (Lipinski definition) is 14. The monoisotopic (exact) mass is 1010 g/mol. The van der Waals surface area contributed by atoms with E-state index < -0.39 is 16.1 Å². The van der Waals surface area contributed by atoms with Crippen molar-refractivity contribution in [2.45, 2.75) is 117 Å². The lowest BCUT2D eigenvalue weighted by Gasteiger charge is -2.70. The molecule has 4 bridgehead atoms. The number of methoxy groups -OCH3 is 1. The van der Waals surface area contributed by atoms with Gasteiger partial charge in [-0.15, -0.1) is 10.2 Å². The van der Waals surface area contributed by atoms with Gasteiger partial charge in [0.15, 0.2) is 22.5 Å². The number of aromatic nitrogens is 6. The van der Waals surface area contributed by atoms with Crippen molar-refractivity contribution in [1.82, 2.24) is 29.9 Å². The van der Waals surface area contributed by atoms with Gasteiger partial charge in [0.2, 0.25) is 0 Å². The van der Waals surface area contributed by atoms with Gasteiger partial charge in [-0.1, -0.05) is 67.1 Å². The molecule has 0 radical (unpaired) electrons. The van der Waals surface area contributed by atoms with Crippen LogP contribution in [0, 0.1) is 42.4 Å². The molecule has 5 aliphatic rings. The van der Waals surface area contributed by atoms with E-state index in [1.165, 1.54) is 6.42 Å². The Kier molecular flexibility index (Phi) is 12.3. The third-order valence-corrected chi connectivity index (χ3v) is 18.2. The summed E-state index contributed by atoms with van der Waals surface area (Å²) >= 11 is 1.58. The van der Waals surface area contributed by atoms with Gasteiger partial charge < -0.3 is 19.7 Å². The van der Waals surface area contributed by atoms with E-state index >= 15 is 0 Å². The molecule has 1 N–H and O–H groups in total. The van der Waals surface area contributed by atoms with E-state index in [0.29, 0.717) is 36.0 Å². The largest absolute Gasteiger partial charge is 0.497 e. The number of fused-ring (bicyclic) bond motifs is 2. The Morgan fingerprint density at radius 3 is 2.33 bits per heavy atom. The first-order valence-corrected chi connectivity index (χ1v) is 27.3. The number of carbonyl (C=O) groups excluding carboxylic acids is 1. The van der Waals surface area contributed by atoms with Crippen molar-refractivity contribution >= 4 is 60.2 Å². The van der Waals surface area contributed by atoms with Crippen LogP contribution in [0.25, 0.3) is 21.3 Å². The van der Waals surface area contributed by atoms with Crippen molar-refractivity contribution in [1.29, 1.82) is 0 Å². The standard InChI is InChI=1S/C56H62N8O6S2/c1-36-14-20-41(21-15-36)72(66,67)70-26-10-24-55-30-53(4)29-54(5,31-55)33-56(32-53,34-55)35-64-38(3)44(27-57-64)43-22-23-47(59-48(43)51(65)69-28-39-16-18-40(68-6)19-17-39)63-25-9-11-42-37(2)49(61-62-50(42)63)60-52-58-45-12-7-8-13-46(45)71-52/h7-8,12-23,27H,9-11,24-26,28-35H2,1-6H3,(H,58,60,61). The third kappa shape index (κ3) is 9.25. The van der Waals surface area contributed by atoms with Gasteiger partial charge in [-0.3, -0.25) is 8.86 Å². The van der Waals surface area contributed by atoms with E-state index in [-0.39, 0.29) is 45.5 Å². The second kappa shape index (κ2) is 18.4. The van der Waals surface area contributed by atoms with Crippen LogP contribution in [0.15, 0.2) is 96.0 Å². The lowest BCUT2D eigenvalue weighted by atomic mass is 9.35. The Labute approximate surface area is 425 Å².